The van der Waals surface area contributed by atoms with Crippen molar-refractivity contribution in [3.8, 4) is 0 Å². The highest BCUT2D eigenvalue weighted by Crippen LogP contribution is 2.17. The second-order valence-electron chi connectivity index (χ2n) is 16.0. The van der Waals surface area contributed by atoms with Crippen LogP contribution in [-0.2, 0) is 4.79 Å². The highest BCUT2D eigenvalue weighted by Gasteiger charge is 2.23. The van der Waals surface area contributed by atoms with Crippen LogP contribution in [0.15, 0.2) is 0 Å². The molecule has 4 N–H and O–H groups in total. The summed E-state index contributed by atoms with van der Waals surface area (Å²) in [5, 5.41) is 33.3. The summed E-state index contributed by atoms with van der Waals surface area (Å²) in [6.45, 7) is 4.25. The number of carbonyl (C=O) groups is 1. The van der Waals surface area contributed by atoms with Gasteiger partial charge in [0.1, 0.15) is 6.10 Å². The standard InChI is InChI=1S/C45H91NO4/c1-3-5-7-9-11-13-15-17-19-21-22-23-24-26-27-29-31-33-35-37-39-43(48)42(41-47)46-45(50)44(49)40-38-36-34-32-30-28-25-20-18-16-14-12-10-8-6-4-2/h42-44,47-49H,3-41H2,1-2H3,(H,46,50). The Morgan fingerprint density at radius 1 is 0.400 bits per heavy atom. The van der Waals surface area contributed by atoms with Crippen molar-refractivity contribution >= 4 is 5.91 Å². The fourth-order valence-corrected chi connectivity index (χ4v) is 7.37. The molecule has 1 amide bonds. The summed E-state index contributed by atoms with van der Waals surface area (Å²) in [5.74, 6) is -0.465. The van der Waals surface area contributed by atoms with Crippen LogP contribution >= 0.6 is 0 Å². The predicted octanol–water partition coefficient (Wildman–Crippen LogP) is 13.0. The highest BCUT2D eigenvalue weighted by molar-refractivity contribution is 5.80. The van der Waals surface area contributed by atoms with Crippen molar-refractivity contribution < 1.29 is 20.1 Å². The molecule has 0 spiro atoms. The van der Waals surface area contributed by atoms with Gasteiger partial charge in [-0.15, -0.1) is 0 Å². The zero-order chi connectivity index (χ0) is 36.6. The number of rotatable bonds is 42. The molecule has 0 aliphatic carbocycles. The van der Waals surface area contributed by atoms with E-state index in [1.165, 1.54) is 199 Å². The molecule has 0 fully saturated rings. The number of aliphatic hydroxyl groups is 3. The molecule has 0 aliphatic rings. The summed E-state index contributed by atoms with van der Waals surface area (Å²) in [6, 6.07) is -0.705. The number of aliphatic hydroxyl groups excluding tert-OH is 3. The van der Waals surface area contributed by atoms with Gasteiger partial charge in [-0.1, -0.05) is 245 Å². The third kappa shape index (κ3) is 35.7. The van der Waals surface area contributed by atoms with E-state index < -0.39 is 24.2 Å². The maximum Gasteiger partial charge on any atom is 0.249 e. The summed E-state index contributed by atoms with van der Waals surface area (Å²) < 4.78 is 0. The Kier molecular flexibility index (Phi) is 40.6. The molecule has 3 unspecified atom stereocenters. The van der Waals surface area contributed by atoms with Gasteiger partial charge in [-0.25, -0.2) is 0 Å². The van der Waals surface area contributed by atoms with Gasteiger partial charge in [0.15, 0.2) is 0 Å². The molecule has 300 valence electrons. The van der Waals surface area contributed by atoms with Crippen molar-refractivity contribution in [2.75, 3.05) is 6.61 Å². The molecular weight excluding hydrogens is 618 g/mol. The molecule has 0 aromatic carbocycles. The fraction of sp³-hybridized carbons (Fsp3) is 0.978. The van der Waals surface area contributed by atoms with E-state index in [-0.39, 0.29) is 6.61 Å². The van der Waals surface area contributed by atoms with Crippen molar-refractivity contribution in [3.63, 3.8) is 0 Å². The largest absolute Gasteiger partial charge is 0.394 e. The van der Waals surface area contributed by atoms with Crippen molar-refractivity contribution in [1.29, 1.82) is 0 Å². The summed E-state index contributed by atoms with van der Waals surface area (Å²) >= 11 is 0. The minimum absolute atomic E-state index is 0.308. The third-order valence-corrected chi connectivity index (χ3v) is 11.0. The van der Waals surface area contributed by atoms with Crippen molar-refractivity contribution in [2.45, 2.75) is 276 Å². The lowest BCUT2D eigenvalue weighted by Gasteiger charge is -2.23. The van der Waals surface area contributed by atoms with Gasteiger partial charge in [0.2, 0.25) is 5.91 Å². The maximum atomic E-state index is 12.5. The molecule has 0 rings (SSSR count). The van der Waals surface area contributed by atoms with Crippen molar-refractivity contribution in [3.05, 3.63) is 0 Å². The quantitative estimate of drug-likeness (QED) is 0.0475. The van der Waals surface area contributed by atoms with E-state index in [0.717, 1.165) is 32.1 Å². The molecule has 5 nitrogen and oxygen atoms in total. The summed E-state index contributed by atoms with van der Waals surface area (Å²) in [4.78, 5) is 12.5. The zero-order valence-electron chi connectivity index (χ0n) is 34.1. The molecule has 0 heterocycles. The molecule has 0 bridgehead atoms. The van der Waals surface area contributed by atoms with Crippen molar-refractivity contribution in [2.24, 2.45) is 0 Å². The van der Waals surface area contributed by atoms with Crippen molar-refractivity contribution in [1.82, 2.24) is 5.32 Å². The molecule has 0 aromatic rings. The summed E-state index contributed by atoms with van der Waals surface area (Å²) in [5.41, 5.74) is 0. The molecule has 3 atom stereocenters. The first kappa shape index (κ1) is 49.4. The van der Waals surface area contributed by atoms with E-state index in [1.807, 2.05) is 0 Å². The van der Waals surface area contributed by atoms with Gasteiger partial charge in [0.05, 0.1) is 18.8 Å². The highest BCUT2D eigenvalue weighted by atomic mass is 16.3. The van der Waals surface area contributed by atoms with E-state index in [4.69, 9.17) is 0 Å². The SMILES string of the molecule is CCCCCCCCCCCCCCCCCCCCCCC(O)C(CO)NC(=O)C(O)CCCCCCCCCCCCCCCCCC. The number of hydrogen-bond donors (Lipinski definition) is 4. The lowest BCUT2D eigenvalue weighted by Crippen LogP contribution is -2.49. The number of hydrogen-bond acceptors (Lipinski definition) is 4. The Hall–Kier alpha value is -0.650. The van der Waals surface area contributed by atoms with Crippen LogP contribution in [0.5, 0.6) is 0 Å². The lowest BCUT2D eigenvalue weighted by molar-refractivity contribution is -0.131. The first-order valence-electron chi connectivity index (χ1n) is 22.8. The predicted molar refractivity (Wildman–Crippen MR) is 218 cm³/mol. The van der Waals surface area contributed by atoms with Gasteiger partial charge in [0, 0.05) is 0 Å². The van der Waals surface area contributed by atoms with Gasteiger partial charge < -0.3 is 20.6 Å². The average Bonchev–Trinajstić information content (AvgIpc) is 3.12. The van der Waals surface area contributed by atoms with E-state index >= 15 is 0 Å². The second-order valence-corrected chi connectivity index (χ2v) is 16.0. The Morgan fingerprint density at radius 3 is 0.900 bits per heavy atom. The number of nitrogens with one attached hydrogen (secondary N) is 1. The molecule has 0 radical (unpaired) electrons. The van der Waals surface area contributed by atoms with Gasteiger partial charge in [0.25, 0.3) is 0 Å². The monoisotopic (exact) mass is 710 g/mol. The van der Waals surface area contributed by atoms with Gasteiger partial charge in [-0.2, -0.15) is 0 Å². The number of amides is 1. The molecule has 0 aliphatic heterocycles. The summed E-state index contributed by atoms with van der Waals surface area (Å²) in [7, 11) is 0. The van der Waals surface area contributed by atoms with E-state index in [1.54, 1.807) is 0 Å². The van der Waals surface area contributed by atoms with Crippen LogP contribution < -0.4 is 5.32 Å². The third-order valence-electron chi connectivity index (χ3n) is 11.0. The van der Waals surface area contributed by atoms with Crippen LogP contribution in [0.4, 0.5) is 0 Å². The molecule has 0 aromatic heterocycles. The summed E-state index contributed by atoms with van der Waals surface area (Å²) in [6.07, 6.45) is 46.8. The smallest absolute Gasteiger partial charge is 0.249 e. The Morgan fingerprint density at radius 2 is 0.640 bits per heavy atom. The zero-order valence-corrected chi connectivity index (χ0v) is 34.1. The maximum absolute atomic E-state index is 12.5. The van der Waals surface area contributed by atoms with Crippen LogP contribution in [0.3, 0.4) is 0 Å². The van der Waals surface area contributed by atoms with E-state index in [2.05, 4.69) is 19.2 Å². The Labute approximate surface area is 313 Å². The fourth-order valence-electron chi connectivity index (χ4n) is 7.37. The first-order chi connectivity index (χ1) is 24.6. The van der Waals surface area contributed by atoms with Gasteiger partial charge in [-0.05, 0) is 12.8 Å². The van der Waals surface area contributed by atoms with Crippen LogP contribution in [0.2, 0.25) is 0 Å². The second kappa shape index (κ2) is 41.1. The minimum Gasteiger partial charge on any atom is -0.394 e. The van der Waals surface area contributed by atoms with Crippen LogP contribution in [0, 0.1) is 0 Å². The number of unbranched alkanes of at least 4 members (excludes halogenated alkanes) is 34. The topological polar surface area (TPSA) is 89.8 Å². The van der Waals surface area contributed by atoms with Crippen LogP contribution in [0.25, 0.3) is 0 Å². The lowest BCUT2D eigenvalue weighted by atomic mass is 10.0. The minimum atomic E-state index is -1.07. The Bertz CT molecular complexity index is 659. The van der Waals surface area contributed by atoms with Crippen LogP contribution in [-0.4, -0.2) is 46.1 Å². The average molecular weight is 710 g/mol. The molecular formula is C45H91NO4. The first-order valence-corrected chi connectivity index (χ1v) is 22.8. The molecule has 5 heteroatoms. The molecule has 0 saturated carbocycles. The van der Waals surface area contributed by atoms with Gasteiger partial charge in [-0.3, -0.25) is 4.79 Å². The molecule has 50 heavy (non-hydrogen) atoms. The number of carbonyl (C=O) groups excluding carboxylic acids is 1. The van der Waals surface area contributed by atoms with E-state index in [9.17, 15) is 20.1 Å². The Balaban J connectivity index is 3.57. The van der Waals surface area contributed by atoms with Gasteiger partial charge >= 0.3 is 0 Å². The van der Waals surface area contributed by atoms with E-state index in [0.29, 0.717) is 12.8 Å². The molecule has 0 saturated heterocycles. The normalized spacial score (nSPS) is 13.5. The van der Waals surface area contributed by atoms with Crippen LogP contribution in [0.1, 0.15) is 258 Å².